The van der Waals surface area contributed by atoms with E-state index in [2.05, 4.69) is 39.9 Å². The van der Waals surface area contributed by atoms with Gasteiger partial charge in [0.15, 0.2) is 5.96 Å². The number of halogens is 2. The van der Waals surface area contributed by atoms with Crippen LogP contribution in [0, 0.1) is 17.1 Å². The topological polar surface area (TPSA) is 60.2 Å². The molecule has 27 heavy (non-hydrogen) atoms. The average molecular weight is 496 g/mol. The molecule has 0 atom stereocenters. The van der Waals surface area contributed by atoms with E-state index >= 15 is 0 Å². The lowest BCUT2D eigenvalue weighted by atomic mass is 10.1. The van der Waals surface area contributed by atoms with Gasteiger partial charge in [0.1, 0.15) is 5.82 Å². The predicted octanol–water partition coefficient (Wildman–Crippen LogP) is 4.31. The summed E-state index contributed by atoms with van der Waals surface area (Å²) in [6.07, 6.45) is 2.33. The Bertz CT molecular complexity index is 832. The molecule has 4 nitrogen and oxygen atoms in total. The van der Waals surface area contributed by atoms with Crippen molar-refractivity contribution in [2.24, 2.45) is 4.99 Å². The lowest BCUT2D eigenvalue weighted by molar-refractivity contribution is 0.604. The van der Waals surface area contributed by atoms with Gasteiger partial charge in [-0.1, -0.05) is 24.3 Å². The van der Waals surface area contributed by atoms with Crippen LogP contribution in [0.15, 0.2) is 58.4 Å². The molecule has 0 amide bonds. The molecule has 1 saturated carbocycles. The van der Waals surface area contributed by atoms with Gasteiger partial charge >= 0.3 is 0 Å². The van der Waals surface area contributed by atoms with E-state index in [1.165, 1.54) is 23.8 Å². The highest BCUT2D eigenvalue weighted by Crippen LogP contribution is 2.51. The fourth-order valence-corrected chi connectivity index (χ4v) is 3.84. The fraction of sp³-hybridized carbons (Fsp3) is 0.300. The van der Waals surface area contributed by atoms with Crippen molar-refractivity contribution < 1.29 is 4.39 Å². The molecule has 7 heteroatoms. The highest BCUT2D eigenvalue weighted by atomic mass is 127. The Morgan fingerprint density at radius 1 is 1.22 bits per heavy atom. The maximum absolute atomic E-state index is 14.0. The van der Waals surface area contributed by atoms with Crippen LogP contribution in [0.3, 0.4) is 0 Å². The number of nitrogens with one attached hydrogen (secondary N) is 2. The molecule has 0 heterocycles. The molecule has 1 aliphatic carbocycles. The van der Waals surface area contributed by atoms with E-state index in [1.807, 2.05) is 23.9 Å². The summed E-state index contributed by atoms with van der Waals surface area (Å²) in [5, 5.41) is 15.3. The van der Waals surface area contributed by atoms with Gasteiger partial charge < -0.3 is 10.6 Å². The van der Waals surface area contributed by atoms with E-state index in [9.17, 15) is 4.39 Å². The summed E-state index contributed by atoms with van der Waals surface area (Å²) in [6, 6.07) is 16.8. The van der Waals surface area contributed by atoms with E-state index in [-0.39, 0.29) is 34.5 Å². The molecule has 0 saturated heterocycles. The molecule has 0 radical (unpaired) electrons. The summed E-state index contributed by atoms with van der Waals surface area (Å²) < 4.78 is 14.2. The third kappa shape index (κ3) is 6.11. The molecule has 3 rings (SSSR count). The van der Waals surface area contributed by atoms with Crippen LogP contribution in [0.1, 0.15) is 24.0 Å². The average Bonchev–Trinajstić information content (AvgIpc) is 3.43. The van der Waals surface area contributed by atoms with Crippen LogP contribution in [0.2, 0.25) is 0 Å². The molecule has 142 valence electrons. The summed E-state index contributed by atoms with van der Waals surface area (Å²) in [6.45, 7) is 1.12. The Labute approximate surface area is 180 Å². The van der Waals surface area contributed by atoms with Crippen LogP contribution in [0.4, 0.5) is 4.39 Å². The zero-order valence-electron chi connectivity index (χ0n) is 15.0. The zero-order valence-corrected chi connectivity index (χ0v) is 18.2. The largest absolute Gasteiger partial charge is 0.355 e. The third-order valence-corrected chi connectivity index (χ3v) is 5.81. The highest BCUT2D eigenvalue weighted by molar-refractivity contribution is 14.0. The first-order chi connectivity index (χ1) is 12.6. The van der Waals surface area contributed by atoms with Gasteiger partial charge in [0.05, 0.1) is 11.6 Å². The number of rotatable bonds is 6. The SMILES string of the molecule is CN=C(NCc1ccc(C#N)cc1F)NCC1(Sc2ccccc2)CC1.I. The maximum Gasteiger partial charge on any atom is 0.191 e. The Morgan fingerprint density at radius 2 is 1.96 bits per heavy atom. The predicted molar refractivity (Wildman–Crippen MR) is 119 cm³/mol. The van der Waals surface area contributed by atoms with Crippen molar-refractivity contribution >= 4 is 41.7 Å². The minimum atomic E-state index is -0.384. The number of hydrogen-bond donors (Lipinski definition) is 2. The normalized spacial score (nSPS) is 14.6. The van der Waals surface area contributed by atoms with Gasteiger partial charge in [-0.3, -0.25) is 4.99 Å². The number of guanidine groups is 1. The number of thioether (sulfide) groups is 1. The second-order valence-corrected chi connectivity index (χ2v) is 7.84. The molecule has 0 aromatic heterocycles. The molecule has 0 spiro atoms. The Hall–Kier alpha value is -1.79. The smallest absolute Gasteiger partial charge is 0.191 e. The van der Waals surface area contributed by atoms with Gasteiger partial charge in [0.25, 0.3) is 0 Å². The van der Waals surface area contributed by atoms with Gasteiger partial charge in [-0.15, -0.1) is 35.7 Å². The van der Waals surface area contributed by atoms with Gasteiger partial charge in [0.2, 0.25) is 0 Å². The lowest BCUT2D eigenvalue weighted by Gasteiger charge is -2.18. The maximum atomic E-state index is 14.0. The van der Waals surface area contributed by atoms with E-state index in [0.29, 0.717) is 23.6 Å². The minimum Gasteiger partial charge on any atom is -0.355 e. The fourth-order valence-electron chi connectivity index (χ4n) is 2.60. The van der Waals surface area contributed by atoms with E-state index in [4.69, 9.17) is 5.26 Å². The molecule has 0 unspecified atom stereocenters. The van der Waals surface area contributed by atoms with Crippen LogP contribution in [-0.2, 0) is 6.54 Å². The number of nitriles is 1. The van der Waals surface area contributed by atoms with Gasteiger partial charge in [-0.05, 0) is 37.1 Å². The van der Waals surface area contributed by atoms with Crippen molar-refractivity contribution in [1.29, 1.82) is 5.26 Å². The summed E-state index contributed by atoms with van der Waals surface area (Å²) in [5.41, 5.74) is 0.828. The second-order valence-electron chi connectivity index (χ2n) is 6.30. The van der Waals surface area contributed by atoms with Crippen LogP contribution in [0.25, 0.3) is 0 Å². The number of nitrogens with zero attached hydrogens (tertiary/aromatic N) is 2. The Kier molecular flexibility index (Phi) is 7.92. The van der Waals surface area contributed by atoms with Crippen molar-refractivity contribution in [2.75, 3.05) is 13.6 Å². The van der Waals surface area contributed by atoms with Crippen molar-refractivity contribution in [3.05, 3.63) is 65.5 Å². The third-order valence-electron chi connectivity index (χ3n) is 4.32. The van der Waals surface area contributed by atoms with Crippen molar-refractivity contribution in [3.63, 3.8) is 0 Å². The first-order valence-electron chi connectivity index (χ1n) is 8.51. The monoisotopic (exact) mass is 496 g/mol. The molecular formula is C20H22FIN4S. The molecule has 0 aliphatic heterocycles. The molecule has 2 aromatic rings. The van der Waals surface area contributed by atoms with Gasteiger partial charge in [-0.2, -0.15) is 5.26 Å². The summed E-state index contributed by atoms with van der Waals surface area (Å²) >= 11 is 1.89. The van der Waals surface area contributed by atoms with Crippen molar-refractivity contribution in [3.8, 4) is 6.07 Å². The summed E-state index contributed by atoms with van der Waals surface area (Å²) in [5.74, 6) is 0.263. The molecule has 2 aromatic carbocycles. The molecule has 1 aliphatic rings. The number of benzene rings is 2. The van der Waals surface area contributed by atoms with Gasteiger partial charge in [-0.25, -0.2) is 4.39 Å². The van der Waals surface area contributed by atoms with E-state index in [0.717, 1.165) is 6.54 Å². The van der Waals surface area contributed by atoms with E-state index < -0.39 is 0 Å². The minimum absolute atomic E-state index is 0. The standard InChI is InChI=1S/C20H21FN4S.HI/c1-23-19(24-13-16-8-7-15(12-22)11-18(16)21)25-14-20(9-10-20)26-17-5-3-2-4-6-17;/h2-8,11H,9-10,13-14H2,1H3,(H2,23,24,25);1H. The summed E-state index contributed by atoms with van der Waals surface area (Å²) in [4.78, 5) is 5.49. The highest BCUT2D eigenvalue weighted by Gasteiger charge is 2.43. The second kappa shape index (κ2) is 9.95. The zero-order chi connectivity index (χ0) is 18.4. The van der Waals surface area contributed by atoms with Crippen molar-refractivity contribution in [1.82, 2.24) is 10.6 Å². The quantitative estimate of drug-likeness (QED) is 0.356. The number of hydrogen-bond acceptors (Lipinski definition) is 3. The van der Waals surface area contributed by atoms with Crippen LogP contribution < -0.4 is 10.6 Å². The number of aliphatic imine (C=N–C) groups is 1. The summed E-state index contributed by atoms with van der Waals surface area (Å²) in [7, 11) is 1.70. The molecule has 0 bridgehead atoms. The molecule has 1 fully saturated rings. The van der Waals surface area contributed by atoms with Crippen LogP contribution >= 0.6 is 35.7 Å². The Morgan fingerprint density at radius 3 is 2.56 bits per heavy atom. The Balaban J connectivity index is 0.00000261. The van der Waals surface area contributed by atoms with E-state index in [1.54, 1.807) is 19.2 Å². The molecule has 2 N–H and O–H groups in total. The van der Waals surface area contributed by atoms with Crippen molar-refractivity contribution in [2.45, 2.75) is 29.0 Å². The lowest BCUT2D eigenvalue weighted by Crippen LogP contribution is -2.40. The van der Waals surface area contributed by atoms with Crippen LogP contribution in [0.5, 0.6) is 0 Å². The first kappa shape index (κ1) is 21.5. The molecular weight excluding hydrogens is 474 g/mol. The van der Waals surface area contributed by atoms with Gasteiger partial charge in [0, 0.05) is 35.3 Å². The first-order valence-corrected chi connectivity index (χ1v) is 9.33. The van der Waals surface area contributed by atoms with Crippen LogP contribution in [-0.4, -0.2) is 24.3 Å².